The van der Waals surface area contributed by atoms with Crippen molar-refractivity contribution in [1.82, 2.24) is 10.4 Å². The molecular weight excluding hydrogens is 360 g/mol. The molecule has 0 unspecified atom stereocenters. The molecule has 3 heterocycles. The third-order valence-electron chi connectivity index (χ3n) is 4.59. The molecule has 1 aromatic carbocycles. The van der Waals surface area contributed by atoms with Gasteiger partial charge in [-0.1, -0.05) is 18.2 Å². The van der Waals surface area contributed by atoms with Gasteiger partial charge < -0.3 is 4.90 Å². The lowest BCUT2D eigenvalue weighted by Gasteiger charge is -2.26. The predicted molar refractivity (Wildman–Crippen MR) is 108 cm³/mol. The number of rotatable bonds is 4. The van der Waals surface area contributed by atoms with Crippen LogP contribution in [0.15, 0.2) is 64.2 Å². The quantitative estimate of drug-likeness (QED) is 0.831. The van der Waals surface area contributed by atoms with Crippen LogP contribution in [-0.4, -0.2) is 36.5 Å². The topological polar surface area (TPSA) is 65.0 Å². The first kappa shape index (κ1) is 17.4. The normalized spacial score (nSPS) is 15.6. The smallest absolute Gasteiger partial charge is 0.223 e. The van der Waals surface area contributed by atoms with Crippen LogP contribution in [0.5, 0.6) is 0 Å². The maximum Gasteiger partial charge on any atom is 0.223 e. The Labute approximate surface area is 161 Å². The molecule has 4 rings (SSSR count). The average molecular weight is 378 g/mol. The van der Waals surface area contributed by atoms with Gasteiger partial charge in [0.15, 0.2) is 5.82 Å². The number of carbonyl (C=O) groups is 2. The van der Waals surface area contributed by atoms with Crippen molar-refractivity contribution in [3.05, 3.63) is 69.7 Å². The van der Waals surface area contributed by atoms with Gasteiger partial charge in [0.05, 0.1) is 16.1 Å². The molecule has 2 aliphatic rings. The number of carbonyl (C=O) groups excluding carboxylic acids is 2. The van der Waals surface area contributed by atoms with Crippen LogP contribution in [0.3, 0.4) is 0 Å². The fourth-order valence-electron chi connectivity index (χ4n) is 3.05. The van der Waals surface area contributed by atoms with Gasteiger partial charge in [-0.05, 0) is 29.7 Å². The van der Waals surface area contributed by atoms with E-state index in [0.717, 1.165) is 16.9 Å². The molecule has 2 aromatic rings. The van der Waals surface area contributed by atoms with Gasteiger partial charge >= 0.3 is 0 Å². The lowest BCUT2D eigenvalue weighted by Crippen LogP contribution is -2.31. The summed E-state index contributed by atoms with van der Waals surface area (Å²) in [4.78, 5) is 31.2. The Kier molecular flexibility index (Phi) is 4.47. The zero-order valence-corrected chi connectivity index (χ0v) is 15.8. The number of hydrogen-bond acceptors (Lipinski definition) is 6. The minimum atomic E-state index is -0.0324. The monoisotopic (exact) mass is 378 g/mol. The molecule has 7 heteroatoms. The Bertz CT molecular complexity index is 1000. The summed E-state index contributed by atoms with van der Waals surface area (Å²) in [5.74, 6) is 0.588. The zero-order chi connectivity index (χ0) is 19.0. The van der Waals surface area contributed by atoms with Gasteiger partial charge in [0, 0.05) is 38.0 Å². The maximum absolute atomic E-state index is 12.8. The fraction of sp³-hybridized carbons (Fsp3) is 0.150. The summed E-state index contributed by atoms with van der Waals surface area (Å²) in [6.07, 6.45) is 3.60. The van der Waals surface area contributed by atoms with Crippen molar-refractivity contribution in [2.45, 2.75) is 6.92 Å². The van der Waals surface area contributed by atoms with Crippen LogP contribution in [0.25, 0.3) is 5.70 Å². The standard InChI is InChI=1S/C20H18N4O2S/c1-13(25)23(2)15-6-3-5-14(11-15)17-8-9-21-20-16(12-22-24(17)20)19(26)18-7-4-10-27-18/h3-11,22H,12H2,1-2H3. The largest absolute Gasteiger partial charge is 0.316 e. The minimum Gasteiger partial charge on any atom is -0.316 e. The number of benzene rings is 1. The molecule has 0 saturated heterocycles. The van der Waals surface area contributed by atoms with Crippen LogP contribution in [-0.2, 0) is 4.79 Å². The predicted octanol–water partition coefficient (Wildman–Crippen LogP) is 3.07. The molecule has 136 valence electrons. The van der Waals surface area contributed by atoms with Crippen LogP contribution in [0.4, 0.5) is 5.69 Å². The number of aliphatic imine (C=N–C) groups is 1. The summed E-state index contributed by atoms with van der Waals surface area (Å²) in [6, 6.07) is 11.4. The molecule has 0 aliphatic carbocycles. The van der Waals surface area contributed by atoms with Gasteiger partial charge in [0.2, 0.25) is 11.7 Å². The summed E-state index contributed by atoms with van der Waals surface area (Å²) in [6.45, 7) is 1.96. The molecule has 6 nitrogen and oxygen atoms in total. The second-order valence-electron chi connectivity index (χ2n) is 6.24. The SMILES string of the molecule is CC(=O)N(C)c1cccc(C2=CC=NC3=C(C(=O)c4cccs4)CNN23)c1. The molecule has 0 radical (unpaired) electrons. The second-order valence-corrected chi connectivity index (χ2v) is 7.19. The van der Waals surface area contributed by atoms with Gasteiger partial charge in [-0.2, -0.15) is 0 Å². The van der Waals surface area contributed by atoms with E-state index in [1.54, 1.807) is 18.2 Å². The first-order valence-corrected chi connectivity index (χ1v) is 9.38. The van der Waals surface area contributed by atoms with Gasteiger partial charge in [0.1, 0.15) is 0 Å². The van der Waals surface area contributed by atoms with E-state index in [1.807, 2.05) is 52.9 Å². The third kappa shape index (κ3) is 3.11. The number of hydrogen-bond donors (Lipinski definition) is 1. The number of ketones is 1. The first-order valence-electron chi connectivity index (χ1n) is 8.50. The van der Waals surface area contributed by atoms with Gasteiger partial charge in [-0.15, -0.1) is 11.3 Å². The van der Waals surface area contributed by atoms with Crippen molar-refractivity contribution in [2.24, 2.45) is 4.99 Å². The number of anilines is 1. The van der Waals surface area contributed by atoms with Gasteiger partial charge in [-0.3, -0.25) is 14.6 Å². The van der Waals surface area contributed by atoms with E-state index in [-0.39, 0.29) is 11.7 Å². The van der Waals surface area contributed by atoms with Crippen molar-refractivity contribution in [3.63, 3.8) is 0 Å². The summed E-state index contributed by atoms with van der Waals surface area (Å²) < 4.78 is 0. The van der Waals surface area contributed by atoms with Crippen LogP contribution in [0.2, 0.25) is 0 Å². The average Bonchev–Trinajstić information content (AvgIpc) is 3.36. The number of amides is 1. The second kappa shape index (κ2) is 6.94. The lowest BCUT2D eigenvalue weighted by molar-refractivity contribution is -0.116. The Balaban J connectivity index is 1.68. The van der Waals surface area contributed by atoms with Crippen molar-refractivity contribution >= 4 is 40.6 Å². The summed E-state index contributed by atoms with van der Waals surface area (Å²) in [5, 5.41) is 3.73. The molecule has 27 heavy (non-hydrogen) atoms. The number of thiophene rings is 1. The molecule has 0 fully saturated rings. The fourth-order valence-corrected chi connectivity index (χ4v) is 3.75. The Hall–Kier alpha value is -3.03. The molecule has 0 bridgehead atoms. The van der Waals surface area contributed by atoms with E-state index in [0.29, 0.717) is 22.8 Å². The lowest BCUT2D eigenvalue weighted by atomic mass is 10.1. The Morgan fingerprint density at radius 3 is 2.85 bits per heavy atom. The molecule has 0 spiro atoms. The summed E-state index contributed by atoms with van der Waals surface area (Å²) in [5.41, 5.74) is 6.52. The highest BCUT2D eigenvalue weighted by atomic mass is 32.1. The van der Waals surface area contributed by atoms with E-state index >= 15 is 0 Å². The molecule has 1 aromatic heterocycles. The number of hydrazine groups is 1. The van der Waals surface area contributed by atoms with Crippen LogP contribution in [0.1, 0.15) is 22.2 Å². The minimum absolute atomic E-state index is 0.00142. The van der Waals surface area contributed by atoms with Gasteiger partial charge in [-0.25, -0.2) is 10.4 Å². The maximum atomic E-state index is 12.8. The molecule has 1 N–H and O–H groups in total. The third-order valence-corrected chi connectivity index (χ3v) is 5.46. The molecule has 0 saturated carbocycles. The number of fused-ring (bicyclic) bond motifs is 1. The van der Waals surface area contributed by atoms with Crippen LogP contribution >= 0.6 is 11.3 Å². The van der Waals surface area contributed by atoms with E-state index in [4.69, 9.17) is 0 Å². The highest BCUT2D eigenvalue weighted by Crippen LogP contribution is 2.32. The number of nitrogens with zero attached hydrogens (tertiary/aromatic N) is 3. The van der Waals surface area contributed by atoms with Crippen LogP contribution < -0.4 is 10.3 Å². The Morgan fingerprint density at radius 1 is 1.26 bits per heavy atom. The highest BCUT2D eigenvalue weighted by Gasteiger charge is 2.31. The molecule has 1 amide bonds. The Morgan fingerprint density at radius 2 is 2.11 bits per heavy atom. The molecular formula is C20H18N4O2S. The van der Waals surface area contributed by atoms with Gasteiger partial charge in [0.25, 0.3) is 0 Å². The zero-order valence-electron chi connectivity index (χ0n) is 15.0. The summed E-state index contributed by atoms with van der Waals surface area (Å²) >= 11 is 1.43. The van der Waals surface area contributed by atoms with E-state index in [1.165, 1.54) is 18.3 Å². The molecule has 0 atom stereocenters. The van der Waals surface area contributed by atoms with Crippen molar-refractivity contribution in [2.75, 3.05) is 18.5 Å². The van der Waals surface area contributed by atoms with Crippen molar-refractivity contribution in [3.8, 4) is 0 Å². The highest BCUT2D eigenvalue weighted by molar-refractivity contribution is 7.12. The number of Topliss-reactive ketones (excluding diaryl/α,β-unsaturated/α-hetero) is 1. The van der Waals surface area contributed by atoms with E-state index in [9.17, 15) is 9.59 Å². The van der Waals surface area contributed by atoms with Crippen molar-refractivity contribution in [1.29, 1.82) is 0 Å². The van der Waals surface area contributed by atoms with E-state index in [2.05, 4.69) is 10.4 Å². The van der Waals surface area contributed by atoms with E-state index < -0.39 is 0 Å². The van der Waals surface area contributed by atoms with Crippen LogP contribution in [0, 0.1) is 0 Å². The number of allylic oxidation sites excluding steroid dienone is 1. The van der Waals surface area contributed by atoms with Crippen molar-refractivity contribution < 1.29 is 9.59 Å². The summed E-state index contributed by atoms with van der Waals surface area (Å²) in [7, 11) is 1.75. The number of nitrogens with one attached hydrogen (secondary N) is 1. The molecule has 2 aliphatic heterocycles. The first-order chi connectivity index (χ1) is 13.1.